The van der Waals surface area contributed by atoms with Gasteiger partial charge >= 0.3 is 12.4 Å². The van der Waals surface area contributed by atoms with Crippen LogP contribution in [0.3, 0.4) is 0 Å². The highest BCUT2D eigenvalue weighted by molar-refractivity contribution is 6.15. The molecule has 4 aromatic carbocycles. The van der Waals surface area contributed by atoms with Gasteiger partial charge in [0.2, 0.25) is 5.78 Å². The third-order valence-corrected chi connectivity index (χ3v) is 7.91. The molecule has 0 radical (unpaired) electrons. The van der Waals surface area contributed by atoms with Gasteiger partial charge in [0, 0.05) is 26.2 Å². The first-order chi connectivity index (χ1) is 20.7. The van der Waals surface area contributed by atoms with Gasteiger partial charge in [0.1, 0.15) is 22.5 Å². The summed E-state index contributed by atoms with van der Waals surface area (Å²) in [6.07, 6.45) is -10.5. The van der Waals surface area contributed by atoms with Crippen LogP contribution in [-0.2, 0) is 38.5 Å². The molecule has 4 aromatic rings. The third-order valence-electron chi connectivity index (χ3n) is 7.91. The summed E-state index contributed by atoms with van der Waals surface area (Å²) in [5.41, 5.74) is -4.41. The van der Waals surface area contributed by atoms with Crippen LogP contribution in [0.1, 0.15) is 49.3 Å². The van der Waals surface area contributed by atoms with Gasteiger partial charge in [-0.05, 0) is 34.4 Å². The lowest BCUT2D eigenvalue weighted by molar-refractivity contribution is -0.139. The highest BCUT2D eigenvalue weighted by atomic mass is 19.4. The van der Waals surface area contributed by atoms with E-state index in [4.69, 9.17) is 0 Å². The Morgan fingerprint density at radius 1 is 0.545 bits per heavy atom. The molecule has 0 spiro atoms. The molecule has 0 unspecified atom stereocenters. The molecule has 2 aliphatic rings. The number of phenolic OH excluding ortho intramolecular Hbond substituents is 4. The number of benzene rings is 4. The van der Waals surface area contributed by atoms with Crippen molar-refractivity contribution >= 4 is 17.2 Å². The number of hydrogen-bond acceptors (Lipinski definition) is 7. The summed E-state index contributed by atoms with van der Waals surface area (Å²) in [6.45, 7) is -0.188. The van der Waals surface area contributed by atoms with Gasteiger partial charge < -0.3 is 30.2 Å². The van der Waals surface area contributed by atoms with Crippen LogP contribution in [0.15, 0.2) is 60.7 Å². The molecule has 0 saturated heterocycles. The molecule has 0 bridgehead atoms. The zero-order valence-corrected chi connectivity index (χ0v) is 22.5. The lowest BCUT2D eigenvalue weighted by Crippen LogP contribution is -2.20. The number of rotatable bonds is 4. The standard InChI is InChI=1S/C31H22F6N2O5/c32-30(33,34)21-9-19(26(41)23(28(21)43)38-11-15-5-1-2-6-16(15)12-38)25(40)20-10-22(31(35,36)37)29(44)24(27(20)42)39-13-17-7-3-4-8-18(17)14-39/h1-10,41-44H,11-14H2. The van der Waals surface area contributed by atoms with Crippen molar-refractivity contribution in [3.8, 4) is 23.0 Å². The number of fused-ring (bicyclic) bond motifs is 2. The second-order valence-corrected chi connectivity index (χ2v) is 10.6. The highest BCUT2D eigenvalue weighted by Gasteiger charge is 2.42. The lowest BCUT2D eigenvalue weighted by atomic mass is 9.94. The third kappa shape index (κ3) is 4.68. The predicted octanol–water partition coefficient (Wildman–Crippen LogP) is 6.82. The largest absolute Gasteiger partial charge is 0.505 e. The Bertz CT molecular complexity index is 1660. The summed E-state index contributed by atoms with van der Waals surface area (Å²) in [6, 6.07) is 13.8. The summed E-state index contributed by atoms with van der Waals surface area (Å²) >= 11 is 0. The van der Waals surface area contributed by atoms with E-state index >= 15 is 0 Å². The molecule has 4 N–H and O–H groups in total. The van der Waals surface area contributed by atoms with E-state index in [9.17, 15) is 51.6 Å². The van der Waals surface area contributed by atoms with Crippen LogP contribution in [0.4, 0.5) is 37.7 Å². The Labute approximate surface area is 245 Å². The maximum atomic E-state index is 14.1. The van der Waals surface area contributed by atoms with Gasteiger partial charge in [-0.2, -0.15) is 26.3 Å². The number of hydrogen-bond donors (Lipinski definition) is 4. The molecule has 0 aliphatic carbocycles. The van der Waals surface area contributed by atoms with Crippen molar-refractivity contribution in [3.63, 3.8) is 0 Å². The average molecular weight is 617 g/mol. The summed E-state index contributed by atoms with van der Waals surface area (Å²) in [5, 5.41) is 43.6. The molecule has 6 rings (SSSR count). The molecule has 13 heteroatoms. The topological polar surface area (TPSA) is 104 Å². The Balaban J connectivity index is 1.53. The van der Waals surface area contributed by atoms with Crippen LogP contribution in [0.5, 0.6) is 23.0 Å². The zero-order valence-electron chi connectivity index (χ0n) is 22.5. The molecular weight excluding hydrogens is 594 g/mol. The lowest BCUT2D eigenvalue weighted by Gasteiger charge is -2.26. The fourth-order valence-corrected chi connectivity index (χ4v) is 5.80. The summed E-state index contributed by atoms with van der Waals surface area (Å²) in [5.74, 6) is -6.58. The van der Waals surface area contributed by atoms with Crippen molar-refractivity contribution in [1.29, 1.82) is 0 Å². The van der Waals surface area contributed by atoms with Crippen molar-refractivity contribution in [2.75, 3.05) is 9.80 Å². The molecule has 0 amide bonds. The monoisotopic (exact) mass is 616 g/mol. The Kier molecular flexibility index (Phi) is 6.59. The molecule has 7 nitrogen and oxygen atoms in total. The van der Waals surface area contributed by atoms with Crippen molar-refractivity contribution in [1.82, 2.24) is 0 Å². The van der Waals surface area contributed by atoms with Crippen molar-refractivity contribution < 1.29 is 51.6 Å². The Hall–Kier alpha value is -5.07. The minimum absolute atomic E-state index is 0.0470. The molecule has 44 heavy (non-hydrogen) atoms. The van der Waals surface area contributed by atoms with E-state index in [1.165, 1.54) is 9.80 Å². The average Bonchev–Trinajstić information content (AvgIpc) is 3.55. The van der Waals surface area contributed by atoms with E-state index < -0.39 is 74.8 Å². The van der Waals surface area contributed by atoms with Crippen LogP contribution in [0.2, 0.25) is 0 Å². The fourth-order valence-electron chi connectivity index (χ4n) is 5.80. The zero-order chi connectivity index (χ0) is 31.7. The number of carbonyl (C=O) groups is 1. The van der Waals surface area contributed by atoms with E-state index in [0.29, 0.717) is 22.3 Å². The SMILES string of the molecule is O=C(c1cc(C(F)(F)F)c(O)c(N2Cc3ccccc3C2)c1O)c1cc(C(F)(F)F)c(O)c(N2Cc3ccccc3C2)c1O. The summed E-state index contributed by atoms with van der Waals surface area (Å²) in [4.78, 5) is 16.2. The van der Waals surface area contributed by atoms with E-state index in [1.54, 1.807) is 48.5 Å². The van der Waals surface area contributed by atoms with Gasteiger partial charge in [0.05, 0.1) is 11.1 Å². The number of alkyl halides is 6. The predicted molar refractivity (Wildman–Crippen MR) is 146 cm³/mol. The molecule has 2 heterocycles. The number of halogens is 6. The molecule has 0 atom stereocenters. The van der Waals surface area contributed by atoms with Crippen molar-refractivity contribution in [3.05, 3.63) is 105 Å². The number of aromatic hydroxyl groups is 4. The Morgan fingerprint density at radius 2 is 0.841 bits per heavy atom. The summed E-state index contributed by atoms with van der Waals surface area (Å²) in [7, 11) is 0. The molecule has 228 valence electrons. The first-order valence-electron chi connectivity index (χ1n) is 13.2. The smallest absolute Gasteiger partial charge is 0.420 e. The number of nitrogens with zero attached hydrogens (tertiary/aromatic N) is 2. The first kappa shape index (κ1) is 29.0. The maximum absolute atomic E-state index is 14.1. The maximum Gasteiger partial charge on any atom is 0.420 e. The molecule has 0 fully saturated rings. The summed E-state index contributed by atoms with van der Waals surface area (Å²) < 4.78 is 84.6. The number of ketones is 1. The van der Waals surface area contributed by atoms with Crippen LogP contribution in [0.25, 0.3) is 0 Å². The van der Waals surface area contributed by atoms with Crippen LogP contribution < -0.4 is 9.80 Å². The highest BCUT2D eigenvalue weighted by Crippen LogP contribution is 2.53. The Morgan fingerprint density at radius 3 is 1.11 bits per heavy atom. The second kappa shape index (κ2) is 10.00. The van der Waals surface area contributed by atoms with E-state index in [1.807, 2.05) is 0 Å². The molecule has 0 saturated carbocycles. The number of anilines is 2. The van der Waals surface area contributed by atoms with Crippen LogP contribution in [0, 0.1) is 0 Å². The molecular formula is C31H22F6N2O5. The minimum atomic E-state index is -5.24. The van der Waals surface area contributed by atoms with Gasteiger partial charge in [0.25, 0.3) is 0 Å². The van der Waals surface area contributed by atoms with Crippen molar-refractivity contribution in [2.24, 2.45) is 0 Å². The second-order valence-electron chi connectivity index (χ2n) is 10.6. The van der Waals surface area contributed by atoms with Gasteiger partial charge in [0.15, 0.2) is 23.0 Å². The minimum Gasteiger partial charge on any atom is -0.505 e. The normalized spacial score (nSPS) is 14.6. The molecule has 0 aromatic heterocycles. The van der Waals surface area contributed by atoms with E-state index in [0.717, 1.165) is 0 Å². The first-order valence-corrected chi connectivity index (χ1v) is 13.2. The number of carbonyl (C=O) groups excluding carboxylic acids is 1. The fraction of sp³-hybridized carbons (Fsp3) is 0.194. The van der Waals surface area contributed by atoms with Gasteiger partial charge in [-0.15, -0.1) is 0 Å². The van der Waals surface area contributed by atoms with Crippen molar-refractivity contribution in [2.45, 2.75) is 38.5 Å². The van der Waals surface area contributed by atoms with Crippen LogP contribution in [-0.4, -0.2) is 26.2 Å². The molecule has 2 aliphatic heterocycles. The van der Waals surface area contributed by atoms with Gasteiger partial charge in [-0.1, -0.05) is 48.5 Å². The van der Waals surface area contributed by atoms with Crippen LogP contribution >= 0.6 is 0 Å². The van der Waals surface area contributed by atoms with Gasteiger partial charge in [-0.3, -0.25) is 4.79 Å². The quantitative estimate of drug-likeness (QED) is 0.147. The van der Waals surface area contributed by atoms with Gasteiger partial charge in [-0.25, -0.2) is 0 Å². The van der Waals surface area contributed by atoms with E-state index in [-0.39, 0.29) is 38.3 Å². The number of phenols is 4. The van der Waals surface area contributed by atoms with E-state index in [2.05, 4.69) is 0 Å².